The van der Waals surface area contributed by atoms with Crippen LogP contribution >= 0.6 is 0 Å². The molecule has 126 valence electrons. The van der Waals surface area contributed by atoms with Crippen LogP contribution in [0.2, 0.25) is 0 Å². The number of hydrogen-bond acceptors (Lipinski definition) is 3. The normalized spacial score (nSPS) is 13.9. The van der Waals surface area contributed by atoms with Crippen LogP contribution in [0.25, 0.3) is 16.3 Å². The van der Waals surface area contributed by atoms with E-state index in [2.05, 4.69) is 9.53 Å². The molecule has 0 aliphatic rings. The Kier molecular flexibility index (Phi) is 4.73. The Hall–Kier alpha value is -2.70. The van der Waals surface area contributed by atoms with Crippen molar-refractivity contribution in [2.24, 2.45) is 0 Å². The van der Waals surface area contributed by atoms with Crippen molar-refractivity contribution >= 4 is 22.5 Å². The van der Waals surface area contributed by atoms with Gasteiger partial charge in [-0.2, -0.15) is 18.0 Å². The van der Waals surface area contributed by atoms with Gasteiger partial charge < -0.3 is 15.4 Å². The molecule has 1 atom stereocenters. The molecule has 0 bridgehead atoms. The van der Waals surface area contributed by atoms with Gasteiger partial charge in [-0.1, -0.05) is 36.4 Å². The minimum absolute atomic E-state index is 0.247. The van der Waals surface area contributed by atoms with Crippen molar-refractivity contribution in [1.82, 2.24) is 0 Å². The molecule has 0 aliphatic heterocycles. The fourth-order valence-electron chi connectivity index (χ4n) is 2.31. The van der Waals surface area contributed by atoms with Crippen LogP contribution in [0.4, 0.5) is 13.2 Å². The van der Waals surface area contributed by atoms with Gasteiger partial charge in [0, 0.05) is 5.56 Å². The van der Waals surface area contributed by atoms with Crippen LogP contribution in [0.5, 0.6) is 0 Å². The highest BCUT2D eigenvalue weighted by molar-refractivity contribution is 6.37. The summed E-state index contributed by atoms with van der Waals surface area (Å²) >= 11 is 0. The zero-order valence-corrected chi connectivity index (χ0v) is 12.5. The Morgan fingerprint density at radius 2 is 1.83 bits per heavy atom. The number of fused-ring (bicyclic) bond motifs is 1. The number of nitrogens with zero attached hydrogens (tertiary/aromatic N) is 2. The van der Waals surface area contributed by atoms with Crippen LogP contribution in [0, 0.1) is 0 Å². The molecule has 2 aromatic carbocycles. The van der Waals surface area contributed by atoms with Gasteiger partial charge in [-0.15, -0.1) is 0 Å². The lowest BCUT2D eigenvalue weighted by atomic mass is 9.86. The van der Waals surface area contributed by atoms with Crippen molar-refractivity contribution in [1.29, 1.82) is 0 Å². The van der Waals surface area contributed by atoms with E-state index in [-0.39, 0.29) is 6.61 Å². The zero-order valence-electron chi connectivity index (χ0n) is 12.5. The van der Waals surface area contributed by atoms with Crippen LogP contribution in [0.1, 0.15) is 12.5 Å². The number of alkyl halides is 3. The second kappa shape index (κ2) is 6.43. The third-order valence-corrected chi connectivity index (χ3v) is 3.49. The first-order valence-corrected chi connectivity index (χ1v) is 6.93. The van der Waals surface area contributed by atoms with E-state index in [0.29, 0.717) is 10.8 Å². The van der Waals surface area contributed by atoms with E-state index in [0.717, 1.165) is 12.1 Å². The molecule has 0 aliphatic carbocycles. The summed E-state index contributed by atoms with van der Waals surface area (Å²) in [6.07, 6.45) is -5.32. The summed E-state index contributed by atoms with van der Waals surface area (Å²) in [7, 11) is 0. The lowest BCUT2D eigenvalue weighted by Gasteiger charge is -2.26. The van der Waals surface area contributed by atoms with Gasteiger partial charge in [0.15, 0.2) is 0 Å². The molecule has 5 nitrogen and oxygen atoms in total. The largest absolute Gasteiger partial charge is 0.457 e. The predicted molar refractivity (Wildman–Crippen MR) is 79.2 cm³/mol. The third kappa shape index (κ3) is 2.89. The van der Waals surface area contributed by atoms with Gasteiger partial charge in [0.05, 0.1) is 6.61 Å². The van der Waals surface area contributed by atoms with E-state index in [1.807, 2.05) is 0 Å². The van der Waals surface area contributed by atoms with Gasteiger partial charge in [0.2, 0.25) is 0 Å². The molecule has 8 heteroatoms. The summed E-state index contributed by atoms with van der Waals surface area (Å²) in [5, 5.41) is 11.4. The molecule has 0 saturated heterocycles. The number of ether oxygens (including phenoxy) is 1. The minimum Gasteiger partial charge on any atom is -0.457 e. The maximum Gasteiger partial charge on any atom is 0.433 e. The number of benzene rings is 2. The Balaban J connectivity index is 2.70. The van der Waals surface area contributed by atoms with Crippen molar-refractivity contribution in [3.63, 3.8) is 0 Å². The quantitative estimate of drug-likeness (QED) is 0.403. The summed E-state index contributed by atoms with van der Waals surface area (Å²) in [4.78, 5) is 14.1. The Morgan fingerprint density at radius 1 is 1.21 bits per heavy atom. The fourth-order valence-corrected chi connectivity index (χ4v) is 2.31. The molecule has 2 rings (SSSR count). The van der Waals surface area contributed by atoms with Crippen molar-refractivity contribution < 1.29 is 32.6 Å². The molecule has 0 radical (unpaired) electrons. The highest BCUT2D eigenvalue weighted by Crippen LogP contribution is 2.41. The van der Waals surface area contributed by atoms with E-state index in [4.69, 9.17) is 5.53 Å². The summed E-state index contributed by atoms with van der Waals surface area (Å²) in [5.41, 5.74) is 2.91. The van der Waals surface area contributed by atoms with Crippen molar-refractivity contribution in [3.8, 4) is 0 Å². The van der Waals surface area contributed by atoms with Crippen LogP contribution in [-0.4, -0.2) is 34.4 Å². The number of halogens is 3. The minimum atomic E-state index is -5.32. The van der Waals surface area contributed by atoms with E-state index >= 15 is 0 Å². The fraction of sp³-hybridized carbons (Fsp3) is 0.250. The second-order valence-corrected chi connectivity index (χ2v) is 4.94. The lowest BCUT2D eigenvalue weighted by molar-refractivity contribution is -0.247. The maximum atomic E-state index is 13.6. The number of carbonyl (C=O) groups excluding carboxylic acids is 1. The Labute approximate surface area is 134 Å². The molecule has 0 heterocycles. The van der Waals surface area contributed by atoms with Crippen LogP contribution in [0.15, 0.2) is 42.5 Å². The Morgan fingerprint density at radius 3 is 2.38 bits per heavy atom. The van der Waals surface area contributed by atoms with E-state index in [1.165, 1.54) is 13.0 Å². The molecule has 0 aromatic heterocycles. The lowest BCUT2D eigenvalue weighted by Crippen LogP contribution is -2.53. The van der Waals surface area contributed by atoms with Gasteiger partial charge in [-0.25, -0.2) is 4.79 Å². The molecule has 24 heavy (non-hydrogen) atoms. The van der Waals surface area contributed by atoms with Crippen molar-refractivity contribution in [2.45, 2.75) is 18.7 Å². The highest BCUT2D eigenvalue weighted by Gasteiger charge is 2.66. The number of rotatable bonds is 4. The van der Waals surface area contributed by atoms with Crippen LogP contribution in [-0.2, 0) is 15.1 Å². The molecule has 2 aromatic rings. The average Bonchev–Trinajstić information content (AvgIpc) is 2.54. The van der Waals surface area contributed by atoms with E-state index < -0.39 is 29.0 Å². The first-order valence-electron chi connectivity index (χ1n) is 6.93. The van der Waals surface area contributed by atoms with Gasteiger partial charge in [-0.3, -0.25) is 0 Å². The number of aliphatic hydroxyl groups is 1. The number of carbonyl (C=O) groups is 1. The maximum absolute atomic E-state index is 13.6. The molecule has 1 unspecified atom stereocenters. The summed E-state index contributed by atoms with van der Waals surface area (Å²) in [6.45, 7) is 1.12. The molecule has 1 N–H and O–H groups in total. The summed E-state index contributed by atoms with van der Waals surface area (Å²) in [5.74, 6) is -1.56. The third-order valence-electron chi connectivity index (χ3n) is 3.49. The van der Waals surface area contributed by atoms with E-state index in [1.54, 1.807) is 24.3 Å². The SMILES string of the molecule is CCOC(=O)C(=[N+]=[N-])C(O)(c1ccc2ccccc2c1)C(F)(F)F. The number of esters is 1. The average molecular weight is 338 g/mol. The second-order valence-electron chi connectivity index (χ2n) is 4.94. The predicted octanol–water partition coefficient (Wildman–Crippen LogP) is 2.82. The smallest absolute Gasteiger partial charge is 0.433 e. The summed E-state index contributed by atoms with van der Waals surface area (Å²) in [6, 6.07) is 10.0. The van der Waals surface area contributed by atoms with Gasteiger partial charge >= 0.3 is 17.9 Å². The summed E-state index contributed by atoms with van der Waals surface area (Å²) < 4.78 is 45.2. The van der Waals surface area contributed by atoms with Gasteiger partial charge in [0.1, 0.15) is 0 Å². The molecule has 0 spiro atoms. The topological polar surface area (TPSA) is 82.9 Å². The van der Waals surface area contributed by atoms with Gasteiger partial charge in [0.25, 0.3) is 5.60 Å². The molecule has 0 fully saturated rings. The monoisotopic (exact) mass is 338 g/mol. The van der Waals surface area contributed by atoms with Crippen LogP contribution < -0.4 is 0 Å². The number of hydrogen-bond donors (Lipinski definition) is 1. The first-order chi connectivity index (χ1) is 11.3. The standard InChI is InChI=1S/C16H13F3N2O3/c1-2-24-14(22)13(21-20)15(23,16(17,18)19)12-8-7-10-5-3-4-6-11(10)9-12/h3-9,23H,2H2,1H3. The van der Waals surface area contributed by atoms with Crippen LogP contribution in [0.3, 0.4) is 0 Å². The van der Waals surface area contributed by atoms with Crippen molar-refractivity contribution in [2.75, 3.05) is 6.61 Å². The van der Waals surface area contributed by atoms with Crippen molar-refractivity contribution in [3.05, 3.63) is 53.6 Å². The first kappa shape index (κ1) is 17.7. The van der Waals surface area contributed by atoms with Gasteiger partial charge in [-0.05, 0) is 23.8 Å². The molecule has 0 amide bonds. The zero-order chi connectivity index (χ0) is 18.0. The molecular formula is C16H13F3N2O3. The highest BCUT2D eigenvalue weighted by atomic mass is 19.4. The Bertz CT molecular complexity index is 829. The molecule has 0 saturated carbocycles. The molecular weight excluding hydrogens is 325 g/mol. The van der Waals surface area contributed by atoms with E-state index in [9.17, 15) is 23.1 Å².